The quantitative estimate of drug-likeness (QED) is 0.529. The fourth-order valence-corrected chi connectivity index (χ4v) is 0.730. The van der Waals surface area contributed by atoms with Crippen LogP contribution in [0.15, 0.2) is 0 Å². The van der Waals surface area contributed by atoms with Crippen molar-refractivity contribution >= 4 is 0 Å². The first-order chi connectivity index (χ1) is 7.46. The molecule has 94 valence electrons. The van der Waals surface area contributed by atoms with Gasteiger partial charge in [-0.1, -0.05) is 27.7 Å². The van der Waals surface area contributed by atoms with Gasteiger partial charge in [0, 0.05) is 5.56 Å². The van der Waals surface area contributed by atoms with Crippen LogP contribution in [0.1, 0.15) is 33.3 Å². The van der Waals surface area contributed by atoms with Crippen LogP contribution in [0.5, 0.6) is 5.75 Å². The molecule has 0 aliphatic heterocycles. The molecular formula is C11H16F4O. The van der Waals surface area contributed by atoms with Crippen LogP contribution in [0, 0.1) is 30.2 Å². The second-order valence-electron chi connectivity index (χ2n) is 2.23. The summed E-state index contributed by atoms with van der Waals surface area (Å²) in [6.07, 6.45) is 0. The Hall–Kier alpha value is -1.26. The highest BCUT2D eigenvalue weighted by atomic mass is 19.2. The maximum atomic E-state index is 12.5. The van der Waals surface area contributed by atoms with Crippen LogP contribution in [0.2, 0.25) is 0 Å². The van der Waals surface area contributed by atoms with Gasteiger partial charge in [-0.25, -0.2) is 8.78 Å². The Balaban J connectivity index is 0. The molecule has 0 fully saturated rings. The average molecular weight is 240 g/mol. The van der Waals surface area contributed by atoms with Gasteiger partial charge in [0.2, 0.25) is 11.6 Å². The molecule has 0 unspecified atom stereocenters. The van der Waals surface area contributed by atoms with Crippen molar-refractivity contribution in [2.45, 2.75) is 34.6 Å². The molecule has 0 heterocycles. The predicted molar refractivity (Wildman–Crippen MR) is 55.4 cm³/mol. The molecule has 1 aromatic rings. The van der Waals surface area contributed by atoms with Crippen molar-refractivity contribution in [1.82, 2.24) is 0 Å². The van der Waals surface area contributed by atoms with E-state index in [1.54, 1.807) is 0 Å². The van der Waals surface area contributed by atoms with Crippen LogP contribution < -0.4 is 0 Å². The summed E-state index contributed by atoms with van der Waals surface area (Å²) in [5, 5.41) is 8.46. The summed E-state index contributed by atoms with van der Waals surface area (Å²) in [5.74, 6) is -8.33. The van der Waals surface area contributed by atoms with E-state index in [9.17, 15) is 17.6 Å². The van der Waals surface area contributed by atoms with E-state index in [1.165, 1.54) is 0 Å². The SMILES string of the molecule is CC.CC.Cc1c(F)c(F)c(O)c(F)c1F. The fraction of sp³-hybridized carbons (Fsp3) is 0.455. The van der Waals surface area contributed by atoms with Gasteiger partial charge < -0.3 is 5.11 Å². The molecule has 0 amide bonds. The van der Waals surface area contributed by atoms with E-state index in [4.69, 9.17) is 5.11 Å². The van der Waals surface area contributed by atoms with Gasteiger partial charge in [-0.3, -0.25) is 0 Å². The summed E-state index contributed by atoms with van der Waals surface area (Å²) in [4.78, 5) is 0. The number of rotatable bonds is 0. The molecule has 0 aromatic heterocycles. The summed E-state index contributed by atoms with van der Waals surface area (Å²) in [6.45, 7) is 8.87. The zero-order chi connectivity index (χ0) is 13.5. The van der Waals surface area contributed by atoms with Gasteiger partial charge in [0.1, 0.15) is 0 Å². The summed E-state index contributed by atoms with van der Waals surface area (Å²) in [6, 6.07) is 0. The maximum Gasteiger partial charge on any atom is 0.203 e. The van der Waals surface area contributed by atoms with Crippen molar-refractivity contribution in [3.05, 3.63) is 28.8 Å². The van der Waals surface area contributed by atoms with Crippen molar-refractivity contribution in [2.24, 2.45) is 0 Å². The van der Waals surface area contributed by atoms with Crippen molar-refractivity contribution < 1.29 is 22.7 Å². The number of benzene rings is 1. The molecule has 0 saturated heterocycles. The van der Waals surface area contributed by atoms with Gasteiger partial charge in [-0.2, -0.15) is 8.78 Å². The topological polar surface area (TPSA) is 20.2 Å². The normalized spacial score (nSPS) is 8.56. The van der Waals surface area contributed by atoms with Crippen molar-refractivity contribution in [3.63, 3.8) is 0 Å². The Kier molecular flexibility index (Phi) is 8.53. The predicted octanol–water partition coefficient (Wildman–Crippen LogP) is 4.31. The molecule has 0 saturated carbocycles. The molecule has 16 heavy (non-hydrogen) atoms. The Bertz CT molecular complexity index is 232. The molecule has 0 bridgehead atoms. The Morgan fingerprint density at radius 3 is 1.19 bits per heavy atom. The zero-order valence-corrected chi connectivity index (χ0v) is 9.96. The van der Waals surface area contributed by atoms with Crippen LogP contribution >= 0.6 is 0 Å². The molecule has 1 N–H and O–H groups in total. The molecule has 1 nitrogen and oxygen atoms in total. The van der Waals surface area contributed by atoms with Crippen LogP contribution in [-0.4, -0.2) is 5.11 Å². The third-order valence-corrected chi connectivity index (χ3v) is 1.46. The second-order valence-corrected chi connectivity index (χ2v) is 2.23. The minimum atomic E-state index is -1.77. The molecule has 0 aliphatic carbocycles. The van der Waals surface area contributed by atoms with E-state index < -0.39 is 34.6 Å². The third-order valence-electron chi connectivity index (χ3n) is 1.46. The summed E-state index contributed by atoms with van der Waals surface area (Å²) in [7, 11) is 0. The highest BCUT2D eigenvalue weighted by Gasteiger charge is 2.21. The van der Waals surface area contributed by atoms with Crippen LogP contribution in [0.3, 0.4) is 0 Å². The fourth-order valence-electron chi connectivity index (χ4n) is 0.730. The van der Waals surface area contributed by atoms with Gasteiger partial charge in [0.15, 0.2) is 17.4 Å². The molecule has 0 spiro atoms. The van der Waals surface area contributed by atoms with E-state index in [1.807, 2.05) is 27.7 Å². The van der Waals surface area contributed by atoms with Crippen molar-refractivity contribution in [1.29, 1.82) is 0 Å². The van der Waals surface area contributed by atoms with Crippen molar-refractivity contribution in [3.8, 4) is 5.75 Å². The van der Waals surface area contributed by atoms with Crippen LogP contribution in [-0.2, 0) is 0 Å². The Morgan fingerprint density at radius 2 is 0.938 bits per heavy atom. The van der Waals surface area contributed by atoms with E-state index in [-0.39, 0.29) is 0 Å². The lowest BCUT2D eigenvalue weighted by atomic mass is 10.2. The standard InChI is InChI=1S/C7H4F4O.2C2H6/c1-2-3(8)5(10)7(12)6(11)4(2)9;2*1-2/h12H,1H3;2*1-2H3. The summed E-state index contributed by atoms with van der Waals surface area (Å²) in [5.41, 5.74) is -0.789. The van der Waals surface area contributed by atoms with Gasteiger partial charge in [0.25, 0.3) is 0 Å². The lowest BCUT2D eigenvalue weighted by molar-refractivity contribution is 0.353. The number of phenolic OH excluding ortho intramolecular Hbond substituents is 1. The van der Waals surface area contributed by atoms with Crippen LogP contribution in [0.4, 0.5) is 17.6 Å². The maximum absolute atomic E-state index is 12.5. The summed E-state index contributed by atoms with van der Waals surface area (Å²) >= 11 is 0. The first kappa shape index (κ1) is 17.1. The van der Waals surface area contributed by atoms with E-state index in [0.29, 0.717) is 0 Å². The second kappa shape index (κ2) is 7.96. The number of aromatic hydroxyl groups is 1. The molecule has 1 rings (SSSR count). The minimum absolute atomic E-state index is 0.789. The van der Waals surface area contributed by atoms with E-state index in [0.717, 1.165) is 6.92 Å². The van der Waals surface area contributed by atoms with E-state index >= 15 is 0 Å². The number of halogens is 4. The molecule has 5 heteroatoms. The van der Waals surface area contributed by atoms with Gasteiger partial charge >= 0.3 is 0 Å². The Labute approximate surface area is 92.7 Å². The summed E-state index contributed by atoms with van der Waals surface area (Å²) < 4.78 is 49.8. The molecule has 0 radical (unpaired) electrons. The third kappa shape index (κ3) is 3.40. The Morgan fingerprint density at radius 1 is 0.688 bits per heavy atom. The largest absolute Gasteiger partial charge is 0.503 e. The van der Waals surface area contributed by atoms with E-state index in [2.05, 4.69) is 0 Å². The zero-order valence-electron chi connectivity index (χ0n) is 9.96. The highest BCUT2D eigenvalue weighted by Crippen LogP contribution is 2.27. The molecule has 0 aliphatic rings. The first-order valence-electron chi connectivity index (χ1n) is 4.98. The minimum Gasteiger partial charge on any atom is -0.503 e. The van der Waals surface area contributed by atoms with Gasteiger partial charge in [-0.15, -0.1) is 0 Å². The monoisotopic (exact) mass is 240 g/mol. The van der Waals surface area contributed by atoms with Crippen LogP contribution in [0.25, 0.3) is 0 Å². The average Bonchev–Trinajstić information content (AvgIpc) is 2.36. The lowest BCUT2D eigenvalue weighted by Crippen LogP contribution is -1.98. The first-order valence-corrected chi connectivity index (χ1v) is 4.98. The van der Waals surface area contributed by atoms with Gasteiger partial charge in [0.05, 0.1) is 0 Å². The molecule has 1 aromatic carbocycles. The molecular weight excluding hydrogens is 224 g/mol. The number of hydrogen-bond acceptors (Lipinski definition) is 1. The molecule has 0 atom stereocenters. The van der Waals surface area contributed by atoms with Gasteiger partial charge in [-0.05, 0) is 6.92 Å². The smallest absolute Gasteiger partial charge is 0.203 e. The highest BCUT2D eigenvalue weighted by molar-refractivity contribution is 5.32. The van der Waals surface area contributed by atoms with Crippen molar-refractivity contribution in [2.75, 3.05) is 0 Å². The lowest BCUT2D eigenvalue weighted by Gasteiger charge is -2.03. The number of phenols is 1. The number of hydrogen-bond donors (Lipinski definition) is 1.